The summed E-state index contributed by atoms with van der Waals surface area (Å²) >= 11 is 0. The van der Waals surface area contributed by atoms with E-state index in [1.807, 2.05) is 43.5 Å². The van der Waals surface area contributed by atoms with Gasteiger partial charge in [-0.3, -0.25) is 4.79 Å². The third-order valence-corrected chi connectivity index (χ3v) is 6.18. The van der Waals surface area contributed by atoms with Gasteiger partial charge in [0.25, 0.3) is 0 Å². The van der Waals surface area contributed by atoms with E-state index in [1.54, 1.807) is 19.5 Å². The average molecular weight is 490 g/mol. The van der Waals surface area contributed by atoms with E-state index in [0.29, 0.717) is 42.9 Å². The number of hydrogen-bond acceptors (Lipinski definition) is 7. The Morgan fingerprint density at radius 3 is 2.78 bits per heavy atom. The van der Waals surface area contributed by atoms with Gasteiger partial charge in [-0.1, -0.05) is 36.4 Å². The fraction of sp³-hybridized carbons (Fsp3) is 0.393. The normalized spacial score (nSPS) is 14.3. The summed E-state index contributed by atoms with van der Waals surface area (Å²) in [6.45, 7) is 4.82. The highest BCUT2D eigenvalue weighted by atomic mass is 16.5. The Balaban J connectivity index is 1.55. The number of nitrogens with zero attached hydrogens (tertiary/aromatic N) is 3. The molecule has 1 aromatic heterocycles. The van der Waals surface area contributed by atoms with Gasteiger partial charge in [0.05, 0.1) is 24.4 Å². The topological polar surface area (TPSA) is 88.6 Å². The van der Waals surface area contributed by atoms with Crippen LogP contribution in [0.25, 0.3) is 10.9 Å². The van der Waals surface area contributed by atoms with Gasteiger partial charge in [-0.2, -0.15) is 0 Å². The van der Waals surface area contributed by atoms with Gasteiger partial charge in [-0.15, -0.1) is 0 Å². The maximum Gasteiger partial charge on any atom is 0.248 e. The highest BCUT2D eigenvalue weighted by Crippen LogP contribution is 2.36. The third-order valence-electron chi connectivity index (χ3n) is 6.18. The van der Waals surface area contributed by atoms with Crippen LogP contribution in [0.2, 0.25) is 0 Å². The number of aromatic nitrogens is 2. The molecular formula is C28H35N5O3. The van der Waals surface area contributed by atoms with Crippen molar-refractivity contribution in [3.05, 3.63) is 66.5 Å². The van der Waals surface area contributed by atoms with E-state index in [1.165, 1.54) is 12.8 Å². The molecular weight excluding hydrogens is 454 g/mol. The number of carbonyl (C=O) groups excluding carboxylic acids is 1. The molecule has 0 saturated heterocycles. The number of benzene rings is 2. The van der Waals surface area contributed by atoms with E-state index in [9.17, 15) is 4.79 Å². The molecule has 0 bridgehead atoms. The Morgan fingerprint density at radius 1 is 1.22 bits per heavy atom. The molecule has 2 N–H and O–H groups in total. The second kappa shape index (κ2) is 12.5. The third kappa shape index (κ3) is 7.26. The molecule has 190 valence electrons. The minimum absolute atomic E-state index is 0.0474. The van der Waals surface area contributed by atoms with E-state index < -0.39 is 0 Å². The minimum atomic E-state index is -0.213. The molecule has 0 spiro atoms. The summed E-state index contributed by atoms with van der Waals surface area (Å²) in [5.74, 6) is 1.70. The van der Waals surface area contributed by atoms with E-state index >= 15 is 0 Å². The van der Waals surface area contributed by atoms with Crippen LogP contribution >= 0.6 is 0 Å². The summed E-state index contributed by atoms with van der Waals surface area (Å²) in [7, 11) is 3.66. The molecule has 1 aliphatic carbocycles. The van der Waals surface area contributed by atoms with Gasteiger partial charge in [0.2, 0.25) is 5.91 Å². The van der Waals surface area contributed by atoms with Crippen LogP contribution < -0.4 is 15.4 Å². The maximum absolute atomic E-state index is 12.8. The van der Waals surface area contributed by atoms with Gasteiger partial charge >= 0.3 is 0 Å². The summed E-state index contributed by atoms with van der Waals surface area (Å²) in [4.78, 5) is 23.8. The molecule has 1 atom stereocenters. The molecule has 1 fully saturated rings. The number of rotatable bonds is 13. The lowest BCUT2D eigenvalue weighted by atomic mass is 10.1. The van der Waals surface area contributed by atoms with Gasteiger partial charge in [0.1, 0.15) is 17.9 Å². The van der Waals surface area contributed by atoms with Crippen molar-refractivity contribution in [3.63, 3.8) is 0 Å². The monoisotopic (exact) mass is 489 g/mol. The summed E-state index contributed by atoms with van der Waals surface area (Å²) < 4.78 is 11.2. The average Bonchev–Trinajstić information content (AvgIpc) is 3.71. The summed E-state index contributed by atoms with van der Waals surface area (Å²) in [5, 5.41) is 7.31. The van der Waals surface area contributed by atoms with Crippen LogP contribution in [0.1, 0.15) is 31.4 Å². The standard InChI is InChI=1S/C28H35N5O3/c1-20(22-8-5-4-6-9-22)31-28-23-16-25(32-27(34)10-7-13-33(2)14-15-35-3)26(36-18-21-11-12-21)17-24(23)29-19-30-28/h4-10,16-17,19-21H,11-15,18H2,1-3H3,(H,32,34)(H,29,30,31)/b10-7+/t20-/m1/s1. The second-order valence-electron chi connectivity index (χ2n) is 9.27. The van der Waals surface area contributed by atoms with Gasteiger partial charge in [0.15, 0.2) is 0 Å². The first kappa shape index (κ1) is 25.6. The summed E-state index contributed by atoms with van der Waals surface area (Å²) in [5.41, 5.74) is 2.52. The van der Waals surface area contributed by atoms with E-state index in [2.05, 4.69) is 44.6 Å². The smallest absolute Gasteiger partial charge is 0.248 e. The summed E-state index contributed by atoms with van der Waals surface area (Å²) in [6.07, 6.45) is 7.31. The van der Waals surface area contributed by atoms with Crippen molar-refractivity contribution < 1.29 is 14.3 Å². The molecule has 8 nitrogen and oxygen atoms in total. The molecule has 1 heterocycles. The second-order valence-corrected chi connectivity index (χ2v) is 9.27. The Bertz CT molecular complexity index is 1180. The Hall–Kier alpha value is -3.49. The predicted molar refractivity (Wildman–Crippen MR) is 143 cm³/mol. The van der Waals surface area contributed by atoms with Crippen LogP contribution in [0, 0.1) is 5.92 Å². The molecule has 1 saturated carbocycles. The van der Waals surface area contributed by atoms with E-state index in [0.717, 1.165) is 23.0 Å². The zero-order chi connectivity index (χ0) is 25.3. The Labute approximate surface area is 212 Å². The molecule has 36 heavy (non-hydrogen) atoms. The molecule has 2 aromatic carbocycles. The first-order valence-corrected chi connectivity index (χ1v) is 12.4. The SMILES string of the molecule is COCCN(C)C/C=C/C(=O)Nc1cc2c(N[C@H](C)c3ccccc3)ncnc2cc1OCC1CC1. The first-order chi connectivity index (χ1) is 17.5. The molecule has 3 aromatic rings. The van der Waals surface area contributed by atoms with Crippen molar-refractivity contribution in [2.75, 3.05) is 51.1 Å². The van der Waals surface area contributed by atoms with Crippen LogP contribution in [-0.4, -0.2) is 61.2 Å². The maximum atomic E-state index is 12.8. The number of ether oxygens (including phenoxy) is 2. The number of amides is 1. The van der Waals surface area contributed by atoms with Crippen molar-refractivity contribution in [3.8, 4) is 5.75 Å². The highest BCUT2D eigenvalue weighted by molar-refractivity contribution is 6.03. The highest BCUT2D eigenvalue weighted by Gasteiger charge is 2.23. The van der Waals surface area contributed by atoms with Crippen molar-refractivity contribution in [2.24, 2.45) is 5.92 Å². The van der Waals surface area contributed by atoms with Crippen molar-refractivity contribution in [1.29, 1.82) is 0 Å². The molecule has 0 unspecified atom stereocenters. The fourth-order valence-corrected chi connectivity index (χ4v) is 3.79. The van der Waals surface area contributed by atoms with Crippen LogP contribution in [0.3, 0.4) is 0 Å². The number of nitrogens with one attached hydrogen (secondary N) is 2. The molecule has 4 rings (SSSR count). The van der Waals surface area contributed by atoms with Gasteiger partial charge in [0, 0.05) is 43.8 Å². The molecule has 1 aliphatic rings. The molecule has 0 aliphatic heterocycles. The van der Waals surface area contributed by atoms with Crippen LogP contribution in [0.4, 0.5) is 11.5 Å². The van der Waals surface area contributed by atoms with Crippen LogP contribution in [-0.2, 0) is 9.53 Å². The van der Waals surface area contributed by atoms with Crippen LogP contribution in [0.5, 0.6) is 5.75 Å². The minimum Gasteiger partial charge on any atom is -0.491 e. The van der Waals surface area contributed by atoms with Gasteiger partial charge in [-0.25, -0.2) is 9.97 Å². The van der Waals surface area contributed by atoms with Crippen LogP contribution in [0.15, 0.2) is 60.9 Å². The van der Waals surface area contributed by atoms with Crippen molar-refractivity contribution >= 4 is 28.3 Å². The zero-order valence-corrected chi connectivity index (χ0v) is 21.2. The lowest BCUT2D eigenvalue weighted by molar-refractivity contribution is -0.111. The van der Waals surface area contributed by atoms with Gasteiger partial charge in [-0.05, 0) is 44.4 Å². The number of methoxy groups -OCH3 is 1. The molecule has 0 radical (unpaired) electrons. The molecule has 1 amide bonds. The number of hydrogen-bond donors (Lipinski definition) is 2. The Morgan fingerprint density at radius 2 is 2.03 bits per heavy atom. The zero-order valence-electron chi connectivity index (χ0n) is 21.2. The fourth-order valence-electron chi connectivity index (χ4n) is 3.79. The lowest BCUT2D eigenvalue weighted by Gasteiger charge is -2.18. The van der Waals surface area contributed by atoms with E-state index in [4.69, 9.17) is 9.47 Å². The van der Waals surface area contributed by atoms with Gasteiger partial charge < -0.3 is 25.0 Å². The number of carbonyl (C=O) groups is 1. The quantitative estimate of drug-likeness (QED) is 0.338. The number of fused-ring (bicyclic) bond motifs is 1. The number of anilines is 2. The van der Waals surface area contributed by atoms with Crippen molar-refractivity contribution in [2.45, 2.75) is 25.8 Å². The Kier molecular flexibility index (Phi) is 8.86. The van der Waals surface area contributed by atoms with E-state index in [-0.39, 0.29) is 11.9 Å². The number of likely N-dealkylation sites (N-methyl/N-ethyl adjacent to an activating group) is 1. The lowest BCUT2D eigenvalue weighted by Crippen LogP contribution is -2.23. The van der Waals surface area contributed by atoms with Crippen molar-refractivity contribution in [1.82, 2.24) is 14.9 Å². The molecule has 8 heteroatoms. The summed E-state index contributed by atoms with van der Waals surface area (Å²) in [6, 6.07) is 14.0. The first-order valence-electron chi connectivity index (χ1n) is 12.4. The largest absolute Gasteiger partial charge is 0.491 e. The predicted octanol–water partition coefficient (Wildman–Crippen LogP) is 4.66.